The number of guanidine groups is 1. The van der Waals surface area contributed by atoms with Gasteiger partial charge in [0.05, 0.1) is 0 Å². The number of likely N-dealkylation sites (tertiary alicyclic amines) is 1. The van der Waals surface area contributed by atoms with Crippen LogP contribution < -0.4 is 21.7 Å². The molecule has 1 aromatic heterocycles. The van der Waals surface area contributed by atoms with E-state index >= 15 is 0 Å². The summed E-state index contributed by atoms with van der Waals surface area (Å²) < 4.78 is 5.37. The molecule has 2 aliphatic heterocycles. The maximum atomic E-state index is 12.1. The molecule has 2 aliphatic rings. The third kappa shape index (κ3) is 3.95. The summed E-state index contributed by atoms with van der Waals surface area (Å²) in [5.41, 5.74) is 4.33. The predicted molar refractivity (Wildman–Crippen MR) is 101 cm³/mol. The second-order valence-electron chi connectivity index (χ2n) is 7.17. The lowest BCUT2D eigenvalue weighted by molar-refractivity contribution is -0.125. The molecule has 1 aromatic rings. The Morgan fingerprint density at radius 3 is 2.64 bits per heavy atom. The lowest BCUT2D eigenvalue weighted by atomic mass is 9.79. The number of hydrogen-bond acceptors (Lipinski definition) is 5. The van der Waals surface area contributed by atoms with Crippen molar-refractivity contribution >= 4 is 23.8 Å². The van der Waals surface area contributed by atoms with E-state index in [1.807, 2.05) is 6.92 Å². The molecule has 2 fully saturated rings. The third-order valence-corrected chi connectivity index (χ3v) is 5.31. The Balaban J connectivity index is 1.63. The van der Waals surface area contributed by atoms with Crippen LogP contribution in [0, 0.1) is 5.92 Å². The molecule has 5 N–H and O–H groups in total. The van der Waals surface area contributed by atoms with Crippen LogP contribution in [0.25, 0.3) is 0 Å². The van der Waals surface area contributed by atoms with E-state index in [0.717, 1.165) is 18.8 Å². The fourth-order valence-electron chi connectivity index (χ4n) is 3.69. The van der Waals surface area contributed by atoms with Gasteiger partial charge in [-0.1, -0.05) is 0 Å². The van der Waals surface area contributed by atoms with Gasteiger partial charge in [0.25, 0.3) is 11.8 Å². The van der Waals surface area contributed by atoms with Crippen LogP contribution >= 0.6 is 0 Å². The highest BCUT2D eigenvalue weighted by Gasteiger charge is 2.48. The molecule has 0 aromatic carbocycles. The molecule has 2 saturated heterocycles. The molecule has 3 rings (SSSR count). The quantitative estimate of drug-likeness (QED) is 0.320. The fourth-order valence-corrected chi connectivity index (χ4v) is 3.69. The Labute approximate surface area is 162 Å². The van der Waals surface area contributed by atoms with E-state index in [0.29, 0.717) is 25.4 Å². The Morgan fingerprint density at radius 2 is 2.11 bits per heavy atom. The van der Waals surface area contributed by atoms with Crippen molar-refractivity contribution in [1.29, 1.82) is 0 Å². The lowest BCUT2D eigenvalue weighted by Gasteiger charge is -2.39. The van der Waals surface area contributed by atoms with Gasteiger partial charge in [0.15, 0.2) is 11.7 Å². The zero-order valence-corrected chi connectivity index (χ0v) is 16.1. The predicted octanol–water partition coefficient (Wildman–Crippen LogP) is 0.154. The van der Waals surface area contributed by atoms with Crippen molar-refractivity contribution in [3.8, 4) is 0 Å². The maximum absolute atomic E-state index is 12.1. The number of rotatable bonds is 5. The molecule has 10 nitrogen and oxygen atoms in total. The summed E-state index contributed by atoms with van der Waals surface area (Å²) in [6, 6.07) is 2.79. The summed E-state index contributed by atoms with van der Waals surface area (Å²) in [6.07, 6.45) is 1.50. The molecule has 4 amide bonds. The number of carbonyl (C=O) groups is 3. The van der Waals surface area contributed by atoms with E-state index in [1.165, 1.54) is 6.07 Å². The van der Waals surface area contributed by atoms with Gasteiger partial charge in [-0.15, -0.1) is 0 Å². The number of nitrogens with two attached hydrogens (primary N) is 1. The highest BCUT2D eigenvalue weighted by Crippen LogP contribution is 2.30. The fraction of sp³-hybridized carbons (Fsp3) is 0.556. The Hall–Kier alpha value is -3.04. The minimum Gasteiger partial charge on any atom is -0.454 e. The van der Waals surface area contributed by atoms with E-state index in [1.54, 1.807) is 13.0 Å². The van der Waals surface area contributed by atoms with Crippen molar-refractivity contribution in [2.45, 2.75) is 38.8 Å². The zero-order valence-electron chi connectivity index (χ0n) is 16.1. The van der Waals surface area contributed by atoms with Crippen LogP contribution in [0.4, 0.5) is 4.79 Å². The first-order chi connectivity index (χ1) is 13.3. The molecule has 152 valence electrons. The number of piperidine rings is 1. The van der Waals surface area contributed by atoms with Gasteiger partial charge in [0.1, 0.15) is 17.8 Å². The summed E-state index contributed by atoms with van der Waals surface area (Å²) in [5, 5.41) is 8.34. The van der Waals surface area contributed by atoms with Crippen molar-refractivity contribution in [2.75, 3.05) is 19.6 Å². The van der Waals surface area contributed by atoms with Crippen LogP contribution in [0.3, 0.4) is 0 Å². The van der Waals surface area contributed by atoms with Crippen LogP contribution in [-0.4, -0.2) is 53.9 Å². The van der Waals surface area contributed by atoms with E-state index in [2.05, 4.69) is 25.8 Å². The van der Waals surface area contributed by atoms with Gasteiger partial charge in [-0.3, -0.25) is 14.9 Å². The van der Waals surface area contributed by atoms with Gasteiger partial charge in [-0.05, 0) is 44.7 Å². The average molecular weight is 390 g/mol. The average Bonchev–Trinajstić information content (AvgIpc) is 3.24. The van der Waals surface area contributed by atoms with Crippen LogP contribution in [-0.2, 0) is 11.3 Å². The zero-order chi connectivity index (χ0) is 20.3. The van der Waals surface area contributed by atoms with E-state index in [9.17, 15) is 14.4 Å². The van der Waals surface area contributed by atoms with Gasteiger partial charge in [0.2, 0.25) is 0 Å². The summed E-state index contributed by atoms with van der Waals surface area (Å²) >= 11 is 0. The van der Waals surface area contributed by atoms with Gasteiger partial charge in [-0.2, -0.15) is 0 Å². The molecule has 28 heavy (non-hydrogen) atoms. The normalized spacial score (nSPS) is 23.5. The third-order valence-electron chi connectivity index (χ3n) is 5.31. The van der Waals surface area contributed by atoms with Crippen molar-refractivity contribution in [3.63, 3.8) is 0 Å². The topological polar surface area (TPSA) is 142 Å². The molecule has 0 spiro atoms. The molecule has 3 heterocycles. The van der Waals surface area contributed by atoms with Crippen molar-refractivity contribution in [2.24, 2.45) is 16.6 Å². The molecule has 0 aliphatic carbocycles. The molecule has 0 bridgehead atoms. The number of furan rings is 1. The van der Waals surface area contributed by atoms with Crippen LogP contribution in [0.5, 0.6) is 0 Å². The Morgan fingerprint density at radius 1 is 1.39 bits per heavy atom. The van der Waals surface area contributed by atoms with Crippen molar-refractivity contribution in [1.82, 2.24) is 20.9 Å². The van der Waals surface area contributed by atoms with Crippen LogP contribution in [0.15, 0.2) is 21.5 Å². The molecule has 1 atom stereocenters. The molecule has 0 radical (unpaired) electrons. The van der Waals surface area contributed by atoms with E-state index in [4.69, 9.17) is 10.2 Å². The summed E-state index contributed by atoms with van der Waals surface area (Å²) in [7, 11) is 0. The second-order valence-corrected chi connectivity index (χ2v) is 7.17. The minimum atomic E-state index is -0.863. The highest BCUT2D eigenvalue weighted by atomic mass is 16.3. The van der Waals surface area contributed by atoms with Crippen LogP contribution in [0.2, 0.25) is 0 Å². The number of amides is 4. The SMILES string of the molecule is CCNC(=NCc1ccc(C(N)=O)o1)N1CCC(C2(C)NC(=O)NC2=O)CC1. The maximum Gasteiger partial charge on any atom is 0.322 e. The number of nitrogens with zero attached hydrogens (tertiary/aromatic N) is 2. The number of urea groups is 1. The smallest absolute Gasteiger partial charge is 0.322 e. The van der Waals surface area contributed by atoms with Crippen molar-refractivity contribution in [3.05, 3.63) is 23.7 Å². The molecule has 10 heteroatoms. The molecular formula is C18H26N6O4. The Kier molecular flexibility index (Phi) is 5.57. The molecule has 1 unspecified atom stereocenters. The van der Waals surface area contributed by atoms with Gasteiger partial charge in [0, 0.05) is 19.6 Å². The van der Waals surface area contributed by atoms with Gasteiger partial charge < -0.3 is 25.7 Å². The van der Waals surface area contributed by atoms with Crippen molar-refractivity contribution < 1.29 is 18.8 Å². The Bertz CT molecular complexity index is 796. The monoisotopic (exact) mass is 390 g/mol. The number of nitrogens with one attached hydrogen (secondary N) is 3. The standard InChI is InChI=1S/C18H26N6O4/c1-3-20-16(21-10-12-4-5-13(28-12)14(19)25)24-8-6-11(7-9-24)18(2)15(26)22-17(27)23-18/h4-5,11H,3,6-10H2,1-2H3,(H2,19,25)(H,20,21)(H2,22,23,26,27). The number of carbonyl (C=O) groups excluding carboxylic acids is 3. The molecule has 0 saturated carbocycles. The van der Waals surface area contributed by atoms with E-state index < -0.39 is 17.5 Å². The van der Waals surface area contributed by atoms with Crippen LogP contribution in [0.1, 0.15) is 43.0 Å². The minimum absolute atomic E-state index is 0.0567. The number of imide groups is 1. The second kappa shape index (κ2) is 7.91. The summed E-state index contributed by atoms with van der Waals surface area (Å²) in [5.74, 6) is 0.586. The summed E-state index contributed by atoms with van der Waals surface area (Å²) in [6.45, 7) is 6.17. The highest BCUT2D eigenvalue weighted by molar-refractivity contribution is 6.07. The van der Waals surface area contributed by atoms with E-state index in [-0.39, 0.29) is 24.1 Å². The summed E-state index contributed by atoms with van der Waals surface area (Å²) in [4.78, 5) is 41.5. The first kappa shape index (κ1) is 19.7. The number of aliphatic imine (C=N–C) groups is 1. The first-order valence-corrected chi connectivity index (χ1v) is 9.39. The first-order valence-electron chi connectivity index (χ1n) is 9.39. The largest absolute Gasteiger partial charge is 0.454 e. The number of hydrogen-bond donors (Lipinski definition) is 4. The molecular weight excluding hydrogens is 364 g/mol. The number of primary amides is 1. The van der Waals surface area contributed by atoms with Gasteiger partial charge >= 0.3 is 6.03 Å². The lowest BCUT2D eigenvalue weighted by Crippen LogP contribution is -2.55. The van der Waals surface area contributed by atoms with Gasteiger partial charge in [-0.25, -0.2) is 9.79 Å².